The van der Waals surface area contributed by atoms with E-state index < -0.39 is 0 Å². The number of anilines is 1. The Balaban J connectivity index is 1.80. The molecule has 0 aliphatic heterocycles. The van der Waals surface area contributed by atoms with Crippen LogP contribution < -0.4 is 16.0 Å². The molecule has 2 rings (SSSR count). The fourth-order valence-corrected chi connectivity index (χ4v) is 2.19. The zero-order valence-corrected chi connectivity index (χ0v) is 12.8. The highest BCUT2D eigenvalue weighted by Gasteiger charge is 2.25. The molecule has 114 valence electrons. The summed E-state index contributed by atoms with van der Waals surface area (Å²) in [5.41, 5.74) is 2.85. The molecule has 5 nitrogen and oxygen atoms in total. The third-order valence-corrected chi connectivity index (χ3v) is 3.63. The number of amides is 2. The number of para-hydroxylation sites is 1. The van der Waals surface area contributed by atoms with Gasteiger partial charge in [-0.1, -0.05) is 18.2 Å². The number of benzene rings is 1. The van der Waals surface area contributed by atoms with Crippen LogP contribution in [0.3, 0.4) is 0 Å². The van der Waals surface area contributed by atoms with Crippen molar-refractivity contribution in [2.45, 2.75) is 45.7 Å². The summed E-state index contributed by atoms with van der Waals surface area (Å²) in [6.07, 6.45) is 2.26. The molecule has 0 saturated heterocycles. The van der Waals surface area contributed by atoms with Crippen molar-refractivity contribution in [2.24, 2.45) is 0 Å². The highest BCUT2D eigenvalue weighted by molar-refractivity contribution is 5.96. The SMILES string of the molecule is Cc1cccc(C)c1NC(=O)CNC(=O)C(C)NC1CC1. The topological polar surface area (TPSA) is 70.2 Å². The number of rotatable bonds is 6. The quantitative estimate of drug-likeness (QED) is 0.743. The van der Waals surface area contributed by atoms with E-state index >= 15 is 0 Å². The molecule has 0 spiro atoms. The summed E-state index contributed by atoms with van der Waals surface area (Å²) < 4.78 is 0. The first-order valence-corrected chi connectivity index (χ1v) is 7.37. The highest BCUT2D eigenvalue weighted by Crippen LogP contribution is 2.19. The van der Waals surface area contributed by atoms with Crippen molar-refractivity contribution in [2.75, 3.05) is 11.9 Å². The van der Waals surface area contributed by atoms with Gasteiger partial charge in [0.05, 0.1) is 12.6 Å². The number of carbonyl (C=O) groups excluding carboxylic acids is 2. The molecule has 3 N–H and O–H groups in total. The maximum atomic E-state index is 11.9. The molecule has 0 radical (unpaired) electrons. The van der Waals surface area contributed by atoms with Crippen LogP contribution in [0.5, 0.6) is 0 Å². The Morgan fingerprint density at radius 2 is 1.86 bits per heavy atom. The van der Waals surface area contributed by atoms with E-state index in [1.165, 1.54) is 0 Å². The number of hydrogen-bond donors (Lipinski definition) is 3. The highest BCUT2D eigenvalue weighted by atomic mass is 16.2. The van der Waals surface area contributed by atoms with E-state index in [0.717, 1.165) is 29.7 Å². The first-order valence-electron chi connectivity index (χ1n) is 7.37. The van der Waals surface area contributed by atoms with Gasteiger partial charge in [0, 0.05) is 11.7 Å². The molecule has 2 amide bonds. The van der Waals surface area contributed by atoms with Crippen LogP contribution in [0.1, 0.15) is 30.9 Å². The zero-order chi connectivity index (χ0) is 15.4. The lowest BCUT2D eigenvalue weighted by atomic mass is 10.1. The van der Waals surface area contributed by atoms with Gasteiger partial charge in [-0.3, -0.25) is 9.59 Å². The summed E-state index contributed by atoms with van der Waals surface area (Å²) in [5, 5.41) is 8.71. The Labute approximate surface area is 125 Å². The van der Waals surface area contributed by atoms with E-state index in [4.69, 9.17) is 0 Å². The molecule has 1 fully saturated rings. The molecule has 21 heavy (non-hydrogen) atoms. The average Bonchev–Trinajstić information content (AvgIpc) is 3.24. The van der Waals surface area contributed by atoms with Crippen LogP contribution in [0.15, 0.2) is 18.2 Å². The van der Waals surface area contributed by atoms with Crippen molar-refractivity contribution in [3.8, 4) is 0 Å². The van der Waals surface area contributed by atoms with Crippen molar-refractivity contribution in [1.82, 2.24) is 10.6 Å². The van der Waals surface area contributed by atoms with Gasteiger partial charge in [0.15, 0.2) is 0 Å². The number of carbonyl (C=O) groups is 2. The summed E-state index contributed by atoms with van der Waals surface area (Å²) >= 11 is 0. The summed E-state index contributed by atoms with van der Waals surface area (Å²) in [4.78, 5) is 23.8. The Morgan fingerprint density at radius 3 is 2.43 bits per heavy atom. The normalized spacial score (nSPS) is 15.4. The maximum Gasteiger partial charge on any atom is 0.243 e. The lowest BCUT2D eigenvalue weighted by molar-refractivity contribution is -0.125. The second-order valence-corrected chi connectivity index (χ2v) is 5.70. The molecular weight excluding hydrogens is 266 g/mol. The Hall–Kier alpha value is -1.88. The van der Waals surface area contributed by atoms with Crippen molar-refractivity contribution in [3.05, 3.63) is 29.3 Å². The minimum Gasteiger partial charge on any atom is -0.346 e. The van der Waals surface area contributed by atoms with Gasteiger partial charge in [-0.05, 0) is 44.7 Å². The minimum atomic E-state index is -0.259. The van der Waals surface area contributed by atoms with Gasteiger partial charge in [0.25, 0.3) is 0 Å². The molecule has 1 atom stereocenters. The molecule has 1 aromatic carbocycles. The first kappa shape index (κ1) is 15.5. The number of aryl methyl sites for hydroxylation is 2. The van der Waals surface area contributed by atoms with Crippen molar-refractivity contribution >= 4 is 17.5 Å². The van der Waals surface area contributed by atoms with E-state index in [9.17, 15) is 9.59 Å². The molecule has 1 unspecified atom stereocenters. The smallest absolute Gasteiger partial charge is 0.243 e. The molecular formula is C16H23N3O2. The third-order valence-electron chi connectivity index (χ3n) is 3.63. The second kappa shape index (κ2) is 6.72. The van der Waals surface area contributed by atoms with Gasteiger partial charge in [-0.15, -0.1) is 0 Å². The molecule has 0 aromatic heterocycles. The van der Waals surface area contributed by atoms with Crippen LogP contribution in [0.4, 0.5) is 5.69 Å². The number of hydrogen-bond acceptors (Lipinski definition) is 3. The van der Waals surface area contributed by atoms with E-state index in [1.54, 1.807) is 0 Å². The Morgan fingerprint density at radius 1 is 1.24 bits per heavy atom. The molecule has 1 aromatic rings. The van der Waals surface area contributed by atoms with Gasteiger partial charge in [0.2, 0.25) is 11.8 Å². The number of nitrogens with one attached hydrogen (secondary N) is 3. The molecule has 0 heterocycles. The maximum absolute atomic E-state index is 11.9. The van der Waals surface area contributed by atoms with Crippen molar-refractivity contribution in [1.29, 1.82) is 0 Å². The second-order valence-electron chi connectivity index (χ2n) is 5.70. The van der Waals surface area contributed by atoms with Gasteiger partial charge in [0.1, 0.15) is 0 Å². The molecule has 1 saturated carbocycles. The summed E-state index contributed by atoms with van der Waals surface area (Å²) in [6, 6.07) is 6.05. The predicted octanol–water partition coefficient (Wildman–Crippen LogP) is 1.50. The first-order chi connectivity index (χ1) is 9.97. The van der Waals surface area contributed by atoms with Crippen LogP contribution in [-0.2, 0) is 9.59 Å². The monoisotopic (exact) mass is 289 g/mol. The van der Waals surface area contributed by atoms with E-state index in [-0.39, 0.29) is 24.4 Å². The van der Waals surface area contributed by atoms with Crippen LogP contribution in [-0.4, -0.2) is 30.4 Å². The fourth-order valence-electron chi connectivity index (χ4n) is 2.19. The standard InChI is InChI=1S/C16H23N3O2/c1-10-5-4-6-11(2)15(10)19-14(20)9-17-16(21)12(3)18-13-7-8-13/h4-6,12-13,18H,7-9H2,1-3H3,(H,17,21)(H,19,20). The predicted molar refractivity (Wildman–Crippen MR) is 83.2 cm³/mol. The van der Waals surface area contributed by atoms with Crippen LogP contribution >= 0.6 is 0 Å². The lowest BCUT2D eigenvalue weighted by Gasteiger charge is -2.14. The van der Waals surface area contributed by atoms with Crippen LogP contribution in [0.2, 0.25) is 0 Å². The van der Waals surface area contributed by atoms with Gasteiger partial charge in [-0.25, -0.2) is 0 Å². The van der Waals surface area contributed by atoms with E-state index in [1.807, 2.05) is 39.0 Å². The van der Waals surface area contributed by atoms with Gasteiger partial charge in [-0.2, -0.15) is 0 Å². The van der Waals surface area contributed by atoms with E-state index in [0.29, 0.717) is 6.04 Å². The molecule has 5 heteroatoms. The summed E-state index contributed by atoms with van der Waals surface area (Å²) in [5.74, 6) is -0.349. The minimum absolute atomic E-state index is 0.0106. The van der Waals surface area contributed by atoms with E-state index in [2.05, 4.69) is 16.0 Å². The Kier molecular flexibility index (Phi) is 4.96. The van der Waals surface area contributed by atoms with Gasteiger partial charge < -0.3 is 16.0 Å². The van der Waals surface area contributed by atoms with Crippen molar-refractivity contribution in [3.63, 3.8) is 0 Å². The zero-order valence-electron chi connectivity index (χ0n) is 12.8. The summed E-state index contributed by atoms with van der Waals surface area (Å²) in [6.45, 7) is 5.70. The van der Waals surface area contributed by atoms with Crippen molar-refractivity contribution < 1.29 is 9.59 Å². The Bertz CT molecular complexity index is 518. The summed E-state index contributed by atoms with van der Waals surface area (Å²) in [7, 11) is 0. The average molecular weight is 289 g/mol. The molecule has 0 bridgehead atoms. The van der Waals surface area contributed by atoms with Crippen LogP contribution in [0.25, 0.3) is 0 Å². The third kappa shape index (κ3) is 4.56. The molecule has 1 aliphatic carbocycles. The molecule has 1 aliphatic rings. The lowest BCUT2D eigenvalue weighted by Crippen LogP contribution is -2.45. The van der Waals surface area contributed by atoms with Crippen LogP contribution in [0, 0.1) is 13.8 Å². The fraction of sp³-hybridized carbons (Fsp3) is 0.500. The largest absolute Gasteiger partial charge is 0.346 e. The van der Waals surface area contributed by atoms with Gasteiger partial charge >= 0.3 is 0 Å².